The average Bonchev–Trinajstić information content (AvgIpc) is 3.51. The Labute approximate surface area is 217 Å². The molecule has 3 aliphatic heterocycles. The van der Waals surface area contributed by atoms with E-state index in [0.29, 0.717) is 25.9 Å². The molecular formula is C27H36FN5O4. The van der Waals surface area contributed by atoms with Crippen LogP contribution in [0.5, 0.6) is 0 Å². The standard InChI is InChI=1S/C27H36FN5O4/c1-26(2,3)37-25(36)30-21(23(34)32-12-6-7-19(32)14-29)16-31-15-20-13-22(31)24(35)33(20)27(4,5)17-8-10-18(28)11-9-17/h8-11,19-22H,6-7,12-13,15-16H2,1-5H3,(H,30,36)/t19?,20-,21?,22-/m0/s1. The molecule has 4 atom stereocenters. The van der Waals surface area contributed by atoms with Crippen molar-refractivity contribution < 1.29 is 23.5 Å². The van der Waals surface area contributed by atoms with Gasteiger partial charge in [-0.25, -0.2) is 9.18 Å². The number of carbonyl (C=O) groups is 3. The quantitative estimate of drug-likeness (QED) is 0.627. The van der Waals surface area contributed by atoms with Gasteiger partial charge in [-0.1, -0.05) is 12.1 Å². The Bertz CT molecular complexity index is 1090. The molecule has 200 valence electrons. The van der Waals surface area contributed by atoms with Crippen molar-refractivity contribution in [3.63, 3.8) is 0 Å². The number of nitrogens with zero attached hydrogens (tertiary/aromatic N) is 4. The first kappa shape index (κ1) is 26.9. The van der Waals surface area contributed by atoms with Crippen LogP contribution in [0.3, 0.4) is 0 Å². The Morgan fingerprint density at radius 3 is 2.49 bits per heavy atom. The van der Waals surface area contributed by atoms with Crippen LogP contribution in [0.1, 0.15) is 59.4 Å². The molecule has 2 bridgehead atoms. The number of nitriles is 1. The Hall–Kier alpha value is -3.19. The first-order chi connectivity index (χ1) is 17.3. The summed E-state index contributed by atoms with van der Waals surface area (Å²) in [6.07, 6.45) is 1.22. The Morgan fingerprint density at radius 1 is 1.22 bits per heavy atom. The van der Waals surface area contributed by atoms with E-state index in [1.165, 1.54) is 17.0 Å². The van der Waals surface area contributed by atoms with Gasteiger partial charge in [0.2, 0.25) is 11.8 Å². The zero-order valence-electron chi connectivity index (χ0n) is 22.2. The molecule has 37 heavy (non-hydrogen) atoms. The SMILES string of the molecule is CC(C)(C)OC(=O)NC(CN1C[C@@H]2C[C@H]1C(=O)N2C(C)(C)c1ccc(F)cc1)C(=O)N1CCCC1C#N. The molecule has 3 fully saturated rings. The number of likely N-dealkylation sites (tertiary alicyclic amines) is 3. The van der Waals surface area contributed by atoms with Crippen molar-refractivity contribution in [2.75, 3.05) is 19.6 Å². The largest absolute Gasteiger partial charge is 0.444 e. The van der Waals surface area contributed by atoms with Gasteiger partial charge < -0.3 is 19.9 Å². The van der Waals surface area contributed by atoms with E-state index in [1.54, 1.807) is 32.9 Å². The van der Waals surface area contributed by atoms with E-state index in [2.05, 4.69) is 11.4 Å². The molecule has 3 heterocycles. The number of halogens is 1. The van der Waals surface area contributed by atoms with E-state index in [1.807, 2.05) is 23.6 Å². The van der Waals surface area contributed by atoms with Crippen molar-refractivity contribution in [3.8, 4) is 6.07 Å². The maximum absolute atomic E-state index is 13.5. The van der Waals surface area contributed by atoms with Crippen LogP contribution in [0.25, 0.3) is 0 Å². The summed E-state index contributed by atoms with van der Waals surface area (Å²) in [5.41, 5.74) is -0.525. The van der Waals surface area contributed by atoms with Crippen molar-refractivity contribution in [2.45, 2.75) is 89.2 Å². The fourth-order valence-corrected chi connectivity index (χ4v) is 5.83. The van der Waals surface area contributed by atoms with E-state index < -0.39 is 35.4 Å². The molecule has 0 aromatic heterocycles. The molecule has 4 rings (SSSR count). The molecule has 0 saturated carbocycles. The van der Waals surface area contributed by atoms with Gasteiger partial charge >= 0.3 is 6.09 Å². The monoisotopic (exact) mass is 513 g/mol. The summed E-state index contributed by atoms with van der Waals surface area (Å²) in [5, 5.41) is 12.2. The van der Waals surface area contributed by atoms with Crippen molar-refractivity contribution in [1.29, 1.82) is 5.26 Å². The van der Waals surface area contributed by atoms with Gasteiger partial charge in [0.05, 0.1) is 17.6 Å². The minimum Gasteiger partial charge on any atom is -0.444 e. The highest BCUT2D eigenvalue weighted by Crippen LogP contribution is 2.41. The van der Waals surface area contributed by atoms with Crippen LogP contribution in [0, 0.1) is 17.1 Å². The van der Waals surface area contributed by atoms with E-state index in [0.717, 1.165) is 12.0 Å². The Morgan fingerprint density at radius 2 is 1.89 bits per heavy atom. The second-order valence-corrected chi connectivity index (χ2v) is 11.7. The molecule has 0 spiro atoms. The number of hydrogen-bond acceptors (Lipinski definition) is 6. The summed E-state index contributed by atoms with van der Waals surface area (Å²) in [5.74, 6) is -0.719. The smallest absolute Gasteiger partial charge is 0.408 e. The molecule has 1 aromatic carbocycles. The molecule has 1 N–H and O–H groups in total. The van der Waals surface area contributed by atoms with E-state index in [4.69, 9.17) is 4.74 Å². The summed E-state index contributed by atoms with van der Waals surface area (Å²) in [4.78, 5) is 45.0. The summed E-state index contributed by atoms with van der Waals surface area (Å²) >= 11 is 0. The highest BCUT2D eigenvalue weighted by atomic mass is 19.1. The van der Waals surface area contributed by atoms with Crippen LogP contribution in [0.2, 0.25) is 0 Å². The molecule has 10 heteroatoms. The maximum atomic E-state index is 13.5. The molecule has 3 amide bonds. The summed E-state index contributed by atoms with van der Waals surface area (Å²) < 4.78 is 18.9. The van der Waals surface area contributed by atoms with Gasteiger partial charge in [0.1, 0.15) is 23.5 Å². The summed E-state index contributed by atoms with van der Waals surface area (Å²) in [7, 11) is 0. The zero-order valence-corrected chi connectivity index (χ0v) is 22.2. The van der Waals surface area contributed by atoms with Crippen molar-refractivity contribution in [3.05, 3.63) is 35.6 Å². The summed E-state index contributed by atoms with van der Waals surface area (Å²) in [6.45, 7) is 10.3. The average molecular weight is 514 g/mol. The number of hydrogen-bond donors (Lipinski definition) is 1. The molecule has 0 radical (unpaired) electrons. The first-order valence-electron chi connectivity index (χ1n) is 12.8. The maximum Gasteiger partial charge on any atom is 0.408 e. The van der Waals surface area contributed by atoms with Crippen LogP contribution in [-0.2, 0) is 19.9 Å². The predicted octanol–water partition coefficient (Wildman–Crippen LogP) is 2.75. The van der Waals surface area contributed by atoms with Gasteiger partial charge in [-0.2, -0.15) is 5.26 Å². The fraction of sp³-hybridized carbons (Fsp3) is 0.630. The van der Waals surface area contributed by atoms with Crippen molar-refractivity contribution >= 4 is 17.9 Å². The molecule has 3 saturated heterocycles. The third-order valence-electron chi connectivity index (χ3n) is 7.51. The fourth-order valence-electron chi connectivity index (χ4n) is 5.83. The first-order valence-corrected chi connectivity index (χ1v) is 12.8. The lowest BCUT2D eigenvalue weighted by atomic mass is 9.91. The van der Waals surface area contributed by atoms with Gasteiger partial charge in [0.15, 0.2) is 0 Å². The number of ether oxygens (including phenoxy) is 1. The minimum absolute atomic E-state index is 0.0508. The third-order valence-corrected chi connectivity index (χ3v) is 7.51. The number of nitrogens with one attached hydrogen (secondary N) is 1. The van der Waals surface area contributed by atoms with Crippen LogP contribution in [0.15, 0.2) is 24.3 Å². The number of benzene rings is 1. The third kappa shape index (κ3) is 5.42. The van der Waals surface area contributed by atoms with E-state index >= 15 is 0 Å². The highest BCUT2D eigenvalue weighted by molar-refractivity contribution is 5.88. The van der Waals surface area contributed by atoms with Crippen molar-refractivity contribution in [2.24, 2.45) is 0 Å². The number of rotatable bonds is 6. The molecule has 2 unspecified atom stereocenters. The van der Waals surface area contributed by atoms with Gasteiger partial charge in [-0.05, 0) is 71.6 Å². The van der Waals surface area contributed by atoms with Gasteiger partial charge in [0.25, 0.3) is 0 Å². The second-order valence-electron chi connectivity index (χ2n) is 11.7. The van der Waals surface area contributed by atoms with Gasteiger partial charge in [0, 0.05) is 25.7 Å². The molecule has 3 aliphatic rings. The van der Waals surface area contributed by atoms with Gasteiger partial charge in [-0.3, -0.25) is 14.5 Å². The normalized spacial score (nSPS) is 24.8. The van der Waals surface area contributed by atoms with E-state index in [9.17, 15) is 24.0 Å². The van der Waals surface area contributed by atoms with Crippen molar-refractivity contribution in [1.82, 2.24) is 20.0 Å². The summed E-state index contributed by atoms with van der Waals surface area (Å²) in [6, 6.07) is 6.39. The van der Waals surface area contributed by atoms with Gasteiger partial charge in [-0.15, -0.1) is 0 Å². The number of amides is 3. The zero-order chi connectivity index (χ0) is 27.1. The van der Waals surface area contributed by atoms with Crippen LogP contribution >= 0.6 is 0 Å². The minimum atomic E-state index is -0.950. The van der Waals surface area contributed by atoms with Crippen LogP contribution in [-0.4, -0.2) is 82.0 Å². The number of alkyl carbamates (subject to hydrolysis) is 1. The number of carbonyl (C=O) groups excluding carboxylic acids is 3. The predicted molar refractivity (Wildman–Crippen MR) is 134 cm³/mol. The lowest BCUT2D eigenvalue weighted by molar-refractivity contribution is -0.144. The number of fused-ring (bicyclic) bond motifs is 2. The second kappa shape index (κ2) is 9.93. The molecule has 9 nitrogen and oxygen atoms in total. The highest BCUT2D eigenvalue weighted by Gasteiger charge is 2.55. The number of piperazine rings is 1. The lowest BCUT2D eigenvalue weighted by Gasteiger charge is -2.44. The van der Waals surface area contributed by atoms with E-state index in [-0.39, 0.29) is 30.2 Å². The Balaban J connectivity index is 1.50. The lowest BCUT2D eigenvalue weighted by Crippen LogP contribution is -2.61. The topological polar surface area (TPSA) is 106 Å². The molecule has 1 aromatic rings. The van der Waals surface area contributed by atoms with Crippen LogP contribution < -0.4 is 5.32 Å². The Kier molecular flexibility index (Phi) is 7.21. The van der Waals surface area contributed by atoms with Crippen LogP contribution in [0.4, 0.5) is 9.18 Å². The molecular weight excluding hydrogens is 477 g/mol. The molecule has 0 aliphatic carbocycles.